The van der Waals surface area contributed by atoms with Crippen molar-refractivity contribution < 1.29 is 28.6 Å². The highest BCUT2D eigenvalue weighted by atomic mass is 79.9. The maximum Gasteiger partial charge on any atom is 0.348 e. The van der Waals surface area contributed by atoms with Gasteiger partial charge in [-0.1, -0.05) is 34.5 Å². The number of carbonyl (C=O) groups is 3. The fourth-order valence-corrected chi connectivity index (χ4v) is 4.77. The zero-order valence-electron chi connectivity index (χ0n) is 19.2. The molecule has 186 valence electrons. The predicted octanol–water partition coefficient (Wildman–Crippen LogP) is 5.70. The molecule has 0 aliphatic rings. The van der Waals surface area contributed by atoms with Crippen molar-refractivity contribution >= 4 is 61.7 Å². The molecule has 0 atom stereocenters. The van der Waals surface area contributed by atoms with Crippen molar-refractivity contribution in [1.82, 2.24) is 9.78 Å². The summed E-state index contributed by atoms with van der Waals surface area (Å²) >= 11 is 10.4. The zero-order chi connectivity index (χ0) is 25.5. The highest BCUT2D eigenvalue weighted by molar-refractivity contribution is 9.10. The number of esters is 2. The van der Waals surface area contributed by atoms with Crippen LogP contribution in [0.1, 0.15) is 56.3 Å². The monoisotopic (exact) mass is 583 g/mol. The molecule has 12 heteroatoms. The summed E-state index contributed by atoms with van der Waals surface area (Å²) in [5.41, 5.74) is 0.592. The van der Waals surface area contributed by atoms with Gasteiger partial charge in [0.1, 0.15) is 15.6 Å². The molecular weight excluding hydrogens is 562 g/mol. The molecule has 1 N–H and O–H groups in total. The number of aromatic nitrogens is 2. The average molecular weight is 585 g/mol. The molecule has 1 aromatic carbocycles. The van der Waals surface area contributed by atoms with Crippen LogP contribution in [0.15, 0.2) is 34.9 Å². The van der Waals surface area contributed by atoms with Crippen molar-refractivity contribution in [3.63, 3.8) is 0 Å². The van der Waals surface area contributed by atoms with Crippen molar-refractivity contribution in [3.05, 3.63) is 61.7 Å². The molecule has 0 aliphatic carbocycles. The van der Waals surface area contributed by atoms with Crippen LogP contribution in [0.25, 0.3) is 0 Å². The molecule has 1 amide bonds. The van der Waals surface area contributed by atoms with E-state index < -0.39 is 17.8 Å². The van der Waals surface area contributed by atoms with E-state index in [0.29, 0.717) is 22.8 Å². The molecule has 3 aromatic rings. The van der Waals surface area contributed by atoms with Gasteiger partial charge in [-0.05, 0) is 50.1 Å². The molecule has 2 aromatic heterocycles. The Morgan fingerprint density at radius 2 is 1.94 bits per heavy atom. The van der Waals surface area contributed by atoms with Gasteiger partial charge in [-0.25, -0.2) is 14.3 Å². The van der Waals surface area contributed by atoms with Gasteiger partial charge in [0.2, 0.25) is 0 Å². The lowest BCUT2D eigenvalue weighted by atomic mass is 10.1. The number of amides is 1. The molecule has 0 radical (unpaired) electrons. The Morgan fingerprint density at radius 3 is 2.63 bits per heavy atom. The van der Waals surface area contributed by atoms with Crippen LogP contribution in [0.3, 0.4) is 0 Å². The first-order chi connectivity index (χ1) is 16.7. The highest BCUT2D eigenvalue weighted by Crippen LogP contribution is 2.34. The Morgan fingerprint density at radius 1 is 1.17 bits per heavy atom. The SMILES string of the molecule is CCCOC(=O)c1c(NC(=O)c2ccn(COc3ccc(Br)cc3Cl)n2)sc(C(=O)OCC)c1C. The fourth-order valence-electron chi connectivity index (χ4n) is 2.96. The predicted molar refractivity (Wildman–Crippen MR) is 136 cm³/mol. The van der Waals surface area contributed by atoms with E-state index in [1.54, 1.807) is 38.2 Å². The first kappa shape index (κ1) is 26.7. The largest absolute Gasteiger partial charge is 0.470 e. The number of carbonyl (C=O) groups excluding carboxylic acids is 3. The van der Waals surface area contributed by atoms with Gasteiger partial charge in [0.25, 0.3) is 5.91 Å². The van der Waals surface area contributed by atoms with Crippen molar-refractivity contribution in [2.24, 2.45) is 0 Å². The third kappa shape index (κ3) is 6.62. The first-order valence-corrected chi connectivity index (χ1v) is 12.6. The number of nitrogens with one attached hydrogen (secondary N) is 1. The second kappa shape index (κ2) is 12.2. The smallest absolute Gasteiger partial charge is 0.348 e. The van der Waals surface area contributed by atoms with Gasteiger partial charge in [-0.3, -0.25) is 4.79 Å². The quantitative estimate of drug-likeness (QED) is 0.305. The molecule has 0 saturated heterocycles. The summed E-state index contributed by atoms with van der Waals surface area (Å²) in [6.07, 6.45) is 2.20. The molecule has 0 fully saturated rings. The molecule has 35 heavy (non-hydrogen) atoms. The minimum Gasteiger partial charge on any atom is -0.470 e. The summed E-state index contributed by atoms with van der Waals surface area (Å²) in [7, 11) is 0. The van der Waals surface area contributed by atoms with Gasteiger partial charge in [-0.15, -0.1) is 11.3 Å². The van der Waals surface area contributed by atoms with E-state index in [4.69, 9.17) is 25.8 Å². The van der Waals surface area contributed by atoms with Crippen LogP contribution in [0, 0.1) is 6.92 Å². The second-order valence-corrected chi connectivity index (χ2v) is 9.50. The number of halogens is 2. The Balaban J connectivity index is 1.77. The molecule has 3 rings (SSSR count). The van der Waals surface area contributed by atoms with Gasteiger partial charge < -0.3 is 19.5 Å². The Bertz CT molecular complexity index is 1240. The lowest BCUT2D eigenvalue weighted by Gasteiger charge is -2.08. The Labute approximate surface area is 219 Å². The van der Waals surface area contributed by atoms with Crippen molar-refractivity contribution in [3.8, 4) is 5.75 Å². The van der Waals surface area contributed by atoms with Crippen molar-refractivity contribution in [2.45, 2.75) is 33.9 Å². The number of rotatable bonds is 10. The summed E-state index contributed by atoms with van der Waals surface area (Å²) < 4.78 is 18.2. The van der Waals surface area contributed by atoms with E-state index in [-0.39, 0.29) is 41.1 Å². The number of nitrogens with zero attached hydrogens (tertiary/aromatic N) is 2. The van der Waals surface area contributed by atoms with Gasteiger partial charge in [0, 0.05) is 10.7 Å². The number of hydrogen-bond donors (Lipinski definition) is 1. The molecule has 0 bridgehead atoms. The molecule has 0 spiro atoms. The maximum absolute atomic E-state index is 12.9. The average Bonchev–Trinajstić information content (AvgIpc) is 3.41. The number of hydrogen-bond acceptors (Lipinski definition) is 8. The minimum atomic E-state index is -0.628. The fraction of sp³-hybridized carbons (Fsp3) is 0.304. The van der Waals surface area contributed by atoms with E-state index in [1.165, 1.54) is 10.7 Å². The van der Waals surface area contributed by atoms with Crippen LogP contribution in [-0.2, 0) is 16.2 Å². The van der Waals surface area contributed by atoms with Gasteiger partial charge in [-0.2, -0.15) is 5.10 Å². The topological polar surface area (TPSA) is 109 Å². The summed E-state index contributed by atoms with van der Waals surface area (Å²) in [6, 6.07) is 6.71. The van der Waals surface area contributed by atoms with Gasteiger partial charge in [0.15, 0.2) is 12.4 Å². The number of benzene rings is 1. The van der Waals surface area contributed by atoms with E-state index in [2.05, 4.69) is 26.3 Å². The third-order valence-electron chi connectivity index (χ3n) is 4.60. The standard InChI is InChI=1S/C23H23BrClN3O6S/c1-4-10-33-22(30)18-13(3)19(23(31)32-5-2)35-21(18)26-20(29)16-8-9-28(27-16)12-34-17-7-6-14(24)11-15(17)25/h6-9,11H,4-5,10,12H2,1-3H3,(H,26,29). The third-order valence-corrected chi connectivity index (χ3v) is 6.57. The Hall–Kier alpha value is -2.89. The number of ether oxygens (including phenoxy) is 3. The van der Waals surface area contributed by atoms with Crippen molar-refractivity contribution in [1.29, 1.82) is 0 Å². The van der Waals surface area contributed by atoms with E-state index >= 15 is 0 Å². The zero-order valence-corrected chi connectivity index (χ0v) is 22.4. The van der Waals surface area contributed by atoms with Crippen molar-refractivity contribution in [2.75, 3.05) is 18.5 Å². The van der Waals surface area contributed by atoms with Crippen LogP contribution in [0.4, 0.5) is 5.00 Å². The first-order valence-electron chi connectivity index (χ1n) is 10.6. The summed E-state index contributed by atoms with van der Waals surface area (Å²) in [6.45, 7) is 5.58. The normalized spacial score (nSPS) is 10.7. The van der Waals surface area contributed by atoms with Gasteiger partial charge in [0.05, 0.1) is 23.8 Å². The number of thiophene rings is 1. The summed E-state index contributed by atoms with van der Waals surface area (Å²) in [5, 5.41) is 7.50. The molecule has 0 saturated carbocycles. The molecule has 0 unspecified atom stereocenters. The summed E-state index contributed by atoms with van der Waals surface area (Å²) in [5.74, 6) is -1.30. The lowest BCUT2D eigenvalue weighted by Crippen LogP contribution is -2.16. The maximum atomic E-state index is 12.9. The number of anilines is 1. The lowest BCUT2D eigenvalue weighted by molar-refractivity contribution is 0.0506. The van der Waals surface area contributed by atoms with E-state index in [1.807, 2.05) is 6.92 Å². The molecule has 9 nitrogen and oxygen atoms in total. The highest BCUT2D eigenvalue weighted by Gasteiger charge is 2.28. The molecular formula is C23H23BrClN3O6S. The van der Waals surface area contributed by atoms with E-state index in [0.717, 1.165) is 15.8 Å². The Kier molecular flexibility index (Phi) is 9.30. The van der Waals surface area contributed by atoms with Crippen LogP contribution >= 0.6 is 38.9 Å². The van der Waals surface area contributed by atoms with Gasteiger partial charge >= 0.3 is 11.9 Å². The summed E-state index contributed by atoms with van der Waals surface area (Å²) in [4.78, 5) is 38.1. The van der Waals surface area contributed by atoms with Crippen LogP contribution < -0.4 is 10.1 Å². The molecule has 0 aliphatic heterocycles. The minimum absolute atomic E-state index is 0.0222. The van der Waals surface area contributed by atoms with E-state index in [9.17, 15) is 14.4 Å². The van der Waals surface area contributed by atoms with Crippen LogP contribution in [-0.4, -0.2) is 40.8 Å². The second-order valence-electron chi connectivity index (χ2n) is 7.16. The molecule has 2 heterocycles. The van der Waals surface area contributed by atoms with Crippen LogP contribution in [0.2, 0.25) is 5.02 Å². The van der Waals surface area contributed by atoms with Crippen LogP contribution in [0.5, 0.6) is 5.75 Å².